The Balaban J connectivity index is 0. The van der Waals surface area contributed by atoms with Crippen LogP contribution in [0.15, 0.2) is 73.1 Å². The highest BCUT2D eigenvalue weighted by Crippen LogP contribution is 2.28. The molecule has 0 aliphatic carbocycles. The van der Waals surface area contributed by atoms with Crippen molar-refractivity contribution < 1.29 is 19.2 Å². The van der Waals surface area contributed by atoms with Crippen molar-refractivity contribution in [3.8, 4) is 23.8 Å². The van der Waals surface area contributed by atoms with E-state index in [0.717, 1.165) is 0 Å². The molecule has 0 aliphatic heterocycles. The lowest BCUT2D eigenvalue weighted by molar-refractivity contribution is 0.0940. The van der Waals surface area contributed by atoms with E-state index in [0.29, 0.717) is 22.3 Å². The van der Waals surface area contributed by atoms with E-state index in [1.54, 1.807) is 50.2 Å². The molecule has 352 valence electrons. The maximum absolute atomic E-state index is 13.1. The zero-order valence-corrected chi connectivity index (χ0v) is 35.3. The fourth-order valence-electron chi connectivity index (χ4n) is 5.64. The van der Waals surface area contributed by atoms with Crippen molar-refractivity contribution >= 4 is 81.4 Å². The van der Waals surface area contributed by atoms with Crippen molar-refractivity contribution in [1.82, 2.24) is 40.2 Å². The van der Waals surface area contributed by atoms with Crippen LogP contribution in [0.5, 0.6) is 0 Å². The van der Waals surface area contributed by atoms with Crippen molar-refractivity contribution in [2.24, 2.45) is 0 Å². The standard InChI is InChI=1S/C21H18Cl2N6O2.C19H14Cl2N6O2.6CH4/c1-11(2)26-20(30)14-8-13(10-24)7-12(3)18(14)27-21(31)16-9-17(23)28-29(16)19-15(22)5-4-6-25-19;1-10-6-11(9-22)7-12(18(28)23-2)16(10)25-19(29)14-8-15(21)26-27(14)17-13(20)4-3-5-24-17;;;;;;/h4-9,11H,1-3H3,(H,26,30)(H,27,31);3-8H,1-2H3,(H,23,28)(H,25,29);6*1H4. The van der Waals surface area contributed by atoms with Crippen LogP contribution < -0.4 is 21.3 Å². The summed E-state index contributed by atoms with van der Waals surface area (Å²) >= 11 is 24.4. The first-order valence-corrected chi connectivity index (χ1v) is 19.1. The number of aryl methyl sites for hydroxylation is 2. The Bertz CT molecular complexity index is 2750. The quantitative estimate of drug-likeness (QED) is 0.107. The summed E-state index contributed by atoms with van der Waals surface area (Å²) in [6.45, 7) is 7.01. The molecular weight excluding hydrogens is 926 g/mol. The third-order valence-corrected chi connectivity index (χ3v) is 9.21. The van der Waals surface area contributed by atoms with E-state index in [-0.39, 0.29) is 116 Å². The number of halogens is 4. The summed E-state index contributed by atoms with van der Waals surface area (Å²) in [6, 6.07) is 19.1. The Morgan fingerprint density at radius 3 is 1.32 bits per heavy atom. The number of anilines is 2. The van der Waals surface area contributed by atoms with E-state index in [2.05, 4.69) is 41.4 Å². The number of carbonyl (C=O) groups excluding carboxylic acids is 4. The summed E-state index contributed by atoms with van der Waals surface area (Å²) in [5, 5.41) is 38.0. The largest absolute Gasteiger partial charge is 0.355 e. The Labute approximate surface area is 407 Å². The number of pyridine rings is 2. The van der Waals surface area contributed by atoms with Gasteiger partial charge in [0.05, 0.1) is 55.8 Å². The fraction of sp³-hybridized carbons (Fsp3) is 0.261. The van der Waals surface area contributed by atoms with Gasteiger partial charge in [-0.05, 0) is 87.4 Å². The number of carbonyl (C=O) groups is 4. The van der Waals surface area contributed by atoms with Gasteiger partial charge in [0.2, 0.25) is 0 Å². The van der Waals surface area contributed by atoms with Gasteiger partial charge >= 0.3 is 0 Å². The number of nitrogens with one attached hydrogen (secondary N) is 4. The van der Waals surface area contributed by atoms with E-state index in [9.17, 15) is 24.4 Å². The van der Waals surface area contributed by atoms with Crippen molar-refractivity contribution in [2.75, 3.05) is 17.7 Å². The van der Waals surface area contributed by atoms with Crippen LogP contribution >= 0.6 is 46.4 Å². The van der Waals surface area contributed by atoms with Gasteiger partial charge in [-0.3, -0.25) is 19.2 Å². The Hall–Kier alpha value is -6.82. The zero-order valence-electron chi connectivity index (χ0n) is 32.2. The average molecular weight is 983 g/mol. The Morgan fingerprint density at radius 1 is 0.606 bits per heavy atom. The van der Waals surface area contributed by atoms with E-state index in [4.69, 9.17) is 51.7 Å². The molecule has 66 heavy (non-hydrogen) atoms. The fourth-order valence-corrected chi connectivity index (χ4v) is 6.40. The van der Waals surface area contributed by atoms with Gasteiger partial charge in [-0.15, -0.1) is 0 Å². The molecule has 0 radical (unpaired) electrons. The molecule has 0 spiro atoms. The maximum Gasteiger partial charge on any atom is 0.274 e. The monoisotopic (exact) mass is 980 g/mol. The third-order valence-electron chi connectivity index (χ3n) is 8.25. The van der Waals surface area contributed by atoms with Gasteiger partial charge in [0, 0.05) is 37.6 Å². The molecule has 0 bridgehead atoms. The van der Waals surface area contributed by atoms with Crippen LogP contribution in [0.1, 0.15) is 122 Å². The van der Waals surface area contributed by atoms with Crippen LogP contribution in [0.3, 0.4) is 0 Å². The second-order valence-corrected chi connectivity index (χ2v) is 14.5. The van der Waals surface area contributed by atoms with Crippen LogP contribution in [0.2, 0.25) is 20.4 Å². The molecule has 6 aromatic rings. The average Bonchev–Trinajstić information content (AvgIpc) is 3.81. The second-order valence-electron chi connectivity index (χ2n) is 12.9. The van der Waals surface area contributed by atoms with E-state index < -0.39 is 23.6 Å². The lowest BCUT2D eigenvalue weighted by atomic mass is 10.0. The lowest BCUT2D eigenvalue weighted by Crippen LogP contribution is -2.31. The number of amides is 4. The van der Waals surface area contributed by atoms with Crippen LogP contribution in [-0.4, -0.2) is 66.2 Å². The molecule has 6 rings (SSSR count). The summed E-state index contributed by atoms with van der Waals surface area (Å²) in [5.41, 5.74) is 2.72. The minimum Gasteiger partial charge on any atom is -0.355 e. The minimum absolute atomic E-state index is 0. The highest BCUT2D eigenvalue weighted by Gasteiger charge is 2.24. The molecule has 0 saturated carbocycles. The molecule has 4 amide bonds. The third kappa shape index (κ3) is 14.1. The number of hydrogen-bond acceptors (Lipinski definition) is 10. The SMILES string of the molecule is C.C.C.C.C.C.CNC(=O)c1cc(C#N)cc(C)c1NC(=O)c1cc(Cl)nn1-c1ncccc1Cl.Cc1cc(C#N)cc(C(=O)NC(C)C)c1NC(=O)c1cc(Cl)nn1-c1ncccc1Cl. The molecule has 0 unspecified atom stereocenters. The molecule has 4 aromatic heterocycles. The number of rotatable bonds is 9. The van der Waals surface area contributed by atoms with Gasteiger partial charge in [0.25, 0.3) is 23.6 Å². The van der Waals surface area contributed by atoms with E-state index >= 15 is 0 Å². The number of nitrogens with zero attached hydrogens (tertiary/aromatic N) is 8. The molecule has 0 fully saturated rings. The molecular formula is C46H56Cl4N12O4. The first-order valence-electron chi connectivity index (χ1n) is 17.5. The van der Waals surface area contributed by atoms with E-state index in [1.807, 2.05) is 26.0 Å². The first kappa shape index (κ1) is 61.3. The van der Waals surface area contributed by atoms with Gasteiger partial charge in [0.15, 0.2) is 21.9 Å². The highest BCUT2D eigenvalue weighted by molar-refractivity contribution is 6.33. The molecule has 20 heteroatoms. The molecule has 4 N–H and O–H groups in total. The summed E-state index contributed by atoms with van der Waals surface area (Å²) in [6.07, 6.45) is 3.02. The minimum atomic E-state index is -0.580. The van der Waals surface area contributed by atoms with Gasteiger partial charge in [-0.1, -0.05) is 91.0 Å². The summed E-state index contributed by atoms with van der Waals surface area (Å²) < 4.78 is 2.45. The highest BCUT2D eigenvalue weighted by atomic mass is 35.5. The number of nitriles is 2. The normalized spacial score (nSPS) is 9.52. The summed E-state index contributed by atoms with van der Waals surface area (Å²) in [5.74, 6) is -1.55. The van der Waals surface area contributed by atoms with Crippen molar-refractivity contribution in [3.05, 3.63) is 138 Å². The molecule has 4 heterocycles. The molecule has 0 atom stereocenters. The molecule has 0 saturated heterocycles. The van der Waals surface area contributed by atoms with Crippen molar-refractivity contribution in [1.29, 1.82) is 10.5 Å². The summed E-state index contributed by atoms with van der Waals surface area (Å²) in [7, 11) is 1.46. The zero-order chi connectivity index (χ0) is 43.8. The van der Waals surface area contributed by atoms with Crippen LogP contribution in [-0.2, 0) is 0 Å². The topological polar surface area (TPSA) is 225 Å². The van der Waals surface area contributed by atoms with Gasteiger partial charge in [-0.2, -0.15) is 20.7 Å². The van der Waals surface area contributed by atoms with Crippen LogP contribution in [0.4, 0.5) is 11.4 Å². The Kier molecular flexibility index (Phi) is 24.9. The molecule has 2 aromatic carbocycles. The second kappa shape index (κ2) is 26.8. The predicted octanol–water partition coefficient (Wildman–Crippen LogP) is 11.3. The Morgan fingerprint density at radius 2 is 0.985 bits per heavy atom. The predicted molar refractivity (Wildman–Crippen MR) is 267 cm³/mol. The summed E-state index contributed by atoms with van der Waals surface area (Å²) in [4.78, 5) is 59.4. The van der Waals surface area contributed by atoms with Gasteiger partial charge in [-0.25, -0.2) is 19.3 Å². The van der Waals surface area contributed by atoms with Gasteiger partial charge in [0.1, 0.15) is 11.4 Å². The molecule has 0 aliphatic rings. The number of aromatic nitrogens is 6. The smallest absolute Gasteiger partial charge is 0.274 e. The lowest BCUT2D eigenvalue weighted by Gasteiger charge is -2.16. The number of benzene rings is 2. The van der Waals surface area contributed by atoms with Crippen molar-refractivity contribution in [2.45, 2.75) is 78.3 Å². The number of hydrogen-bond donors (Lipinski definition) is 4. The van der Waals surface area contributed by atoms with E-state index in [1.165, 1.54) is 53.1 Å². The van der Waals surface area contributed by atoms with Gasteiger partial charge < -0.3 is 21.3 Å². The van der Waals surface area contributed by atoms with Crippen molar-refractivity contribution in [3.63, 3.8) is 0 Å². The van der Waals surface area contributed by atoms with Crippen LogP contribution in [0.25, 0.3) is 11.6 Å². The molecule has 16 nitrogen and oxygen atoms in total. The maximum atomic E-state index is 13.1. The van der Waals surface area contributed by atoms with Crippen LogP contribution in [0, 0.1) is 36.5 Å². The first-order chi connectivity index (χ1) is 28.6.